The van der Waals surface area contributed by atoms with E-state index in [0.717, 1.165) is 19.7 Å². The van der Waals surface area contributed by atoms with Gasteiger partial charge in [-0.2, -0.15) is 0 Å². The molecule has 0 aromatic carbocycles. The minimum absolute atomic E-state index is 0.991. The number of halogens is 2. The molecule has 3 aliphatic carbocycles. The highest BCUT2D eigenvalue weighted by atomic mass is 127. The first-order valence-corrected chi connectivity index (χ1v) is 6.56. The molecule has 0 aromatic heterocycles. The Balaban J connectivity index is 2.13. The second kappa shape index (κ2) is 3.07. The molecule has 0 nitrogen and oxygen atoms in total. The predicted molar refractivity (Wildman–Crippen MR) is 61.1 cm³/mol. The molecule has 0 aromatic rings. The number of fused-ring (bicyclic) bond motifs is 3. The van der Waals surface area contributed by atoms with Gasteiger partial charge in [0.25, 0.3) is 0 Å². The molecule has 0 radical (unpaired) electrons. The van der Waals surface area contributed by atoms with Crippen LogP contribution >= 0.6 is 45.2 Å². The zero-order valence-electron chi connectivity index (χ0n) is 5.89. The molecule has 2 unspecified atom stereocenters. The Morgan fingerprint density at radius 1 is 0.700 bits per heavy atom. The average Bonchev–Trinajstić information content (AvgIpc) is 2.00. The lowest BCUT2D eigenvalue weighted by molar-refractivity contribution is 0.206. The number of rotatable bonds is 0. The van der Waals surface area contributed by atoms with Crippen molar-refractivity contribution >= 4 is 45.2 Å². The Morgan fingerprint density at radius 3 is 1.20 bits per heavy atom. The number of hydrogen-bond acceptors (Lipinski definition) is 0. The number of alkyl halides is 2. The molecule has 0 N–H and O–H groups in total. The van der Waals surface area contributed by atoms with Gasteiger partial charge in [-0.1, -0.05) is 45.2 Å². The molecule has 2 heteroatoms. The fraction of sp³-hybridized carbons (Fsp3) is 1.00. The summed E-state index contributed by atoms with van der Waals surface area (Å²) < 4.78 is 1.98. The van der Waals surface area contributed by atoms with Gasteiger partial charge in [-0.25, -0.2) is 0 Å². The van der Waals surface area contributed by atoms with E-state index in [9.17, 15) is 0 Å². The van der Waals surface area contributed by atoms with Crippen LogP contribution in [-0.2, 0) is 0 Å². The summed E-state index contributed by atoms with van der Waals surface area (Å²) in [6.45, 7) is 0. The predicted octanol–water partition coefficient (Wildman–Crippen LogP) is 3.41. The maximum Gasteiger partial charge on any atom is 0.0258 e. The summed E-state index contributed by atoms with van der Waals surface area (Å²) in [5.74, 6) is 2.15. The Bertz CT molecular complexity index is 107. The molecule has 3 fully saturated rings. The Kier molecular flexibility index (Phi) is 2.48. The van der Waals surface area contributed by atoms with Crippen molar-refractivity contribution in [2.75, 3.05) is 0 Å². The summed E-state index contributed by atoms with van der Waals surface area (Å²) in [6.07, 6.45) is 6.10. The SMILES string of the molecule is IC1C2CCC(CC2)C1I. The van der Waals surface area contributed by atoms with E-state index in [0.29, 0.717) is 0 Å². The maximum atomic E-state index is 2.67. The summed E-state index contributed by atoms with van der Waals surface area (Å²) >= 11 is 5.34. The van der Waals surface area contributed by atoms with Crippen molar-refractivity contribution in [3.63, 3.8) is 0 Å². The molecule has 0 heterocycles. The first-order chi connectivity index (χ1) is 4.79. The lowest BCUT2D eigenvalue weighted by Crippen LogP contribution is -2.40. The highest BCUT2D eigenvalue weighted by Gasteiger charge is 2.40. The van der Waals surface area contributed by atoms with E-state index in [1.807, 2.05) is 0 Å². The Labute approximate surface area is 89.8 Å². The second-order valence-corrected chi connectivity index (χ2v) is 6.44. The van der Waals surface area contributed by atoms with Crippen LogP contribution in [-0.4, -0.2) is 7.85 Å². The van der Waals surface area contributed by atoms with Gasteiger partial charge in [0, 0.05) is 7.85 Å². The fourth-order valence-corrected chi connectivity index (χ4v) is 4.91. The molecule has 3 rings (SSSR count). The Morgan fingerprint density at radius 2 is 1.00 bits per heavy atom. The van der Waals surface area contributed by atoms with Gasteiger partial charge in [0.2, 0.25) is 0 Å². The molecule has 2 atom stereocenters. The third-order valence-corrected chi connectivity index (χ3v) is 7.98. The normalized spacial score (nSPS) is 53.4. The lowest BCUT2D eigenvalue weighted by Gasteiger charge is -2.43. The van der Waals surface area contributed by atoms with Crippen molar-refractivity contribution in [1.29, 1.82) is 0 Å². The molecular weight excluding hydrogens is 350 g/mol. The van der Waals surface area contributed by atoms with E-state index in [1.165, 1.54) is 25.7 Å². The minimum Gasteiger partial charge on any atom is -0.0812 e. The van der Waals surface area contributed by atoms with Crippen LogP contribution < -0.4 is 0 Å². The van der Waals surface area contributed by atoms with E-state index in [1.54, 1.807) is 0 Å². The molecule has 0 aliphatic heterocycles. The summed E-state index contributed by atoms with van der Waals surface area (Å²) in [5.41, 5.74) is 0. The molecular formula is C8H12I2. The highest BCUT2D eigenvalue weighted by molar-refractivity contribution is 14.1. The van der Waals surface area contributed by atoms with E-state index >= 15 is 0 Å². The molecule has 2 bridgehead atoms. The van der Waals surface area contributed by atoms with Gasteiger partial charge in [-0.05, 0) is 37.5 Å². The average molecular weight is 362 g/mol. The van der Waals surface area contributed by atoms with Gasteiger partial charge >= 0.3 is 0 Å². The van der Waals surface area contributed by atoms with E-state index in [2.05, 4.69) is 45.2 Å². The molecule has 0 saturated heterocycles. The molecule has 0 spiro atoms. The first kappa shape index (κ1) is 8.08. The van der Waals surface area contributed by atoms with Crippen molar-refractivity contribution in [3.8, 4) is 0 Å². The second-order valence-electron chi connectivity index (χ2n) is 3.56. The maximum absolute atomic E-state index is 2.67. The van der Waals surface area contributed by atoms with Crippen LogP contribution in [0.25, 0.3) is 0 Å². The van der Waals surface area contributed by atoms with E-state index in [-0.39, 0.29) is 0 Å². The van der Waals surface area contributed by atoms with Crippen molar-refractivity contribution < 1.29 is 0 Å². The number of hydrogen-bond donors (Lipinski definition) is 0. The van der Waals surface area contributed by atoms with Crippen LogP contribution in [0, 0.1) is 11.8 Å². The molecule has 0 amide bonds. The van der Waals surface area contributed by atoms with Crippen LogP contribution in [0.5, 0.6) is 0 Å². The van der Waals surface area contributed by atoms with Gasteiger partial charge < -0.3 is 0 Å². The largest absolute Gasteiger partial charge is 0.0812 e. The van der Waals surface area contributed by atoms with Crippen LogP contribution in [0.2, 0.25) is 0 Å². The molecule has 58 valence electrons. The van der Waals surface area contributed by atoms with Gasteiger partial charge in [0.1, 0.15) is 0 Å². The third-order valence-electron chi connectivity index (χ3n) is 3.02. The third kappa shape index (κ3) is 1.23. The first-order valence-electron chi connectivity index (χ1n) is 4.07. The van der Waals surface area contributed by atoms with Crippen molar-refractivity contribution in [2.45, 2.75) is 33.5 Å². The lowest BCUT2D eigenvalue weighted by atomic mass is 9.71. The topological polar surface area (TPSA) is 0 Å². The summed E-state index contributed by atoms with van der Waals surface area (Å²) in [7, 11) is 0. The van der Waals surface area contributed by atoms with E-state index in [4.69, 9.17) is 0 Å². The van der Waals surface area contributed by atoms with Crippen molar-refractivity contribution in [2.24, 2.45) is 11.8 Å². The summed E-state index contributed by atoms with van der Waals surface area (Å²) in [6, 6.07) is 0. The zero-order chi connectivity index (χ0) is 7.14. The monoisotopic (exact) mass is 362 g/mol. The van der Waals surface area contributed by atoms with Crippen LogP contribution in [0.1, 0.15) is 25.7 Å². The van der Waals surface area contributed by atoms with E-state index < -0.39 is 0 Å². The Hall–Kier alpha value is 1.46. The summed E-state index contributed by atoms with van der Waals surface area (Å²) in [4.78, 5) is 0. The van der Waals surface area contributed by atoms with Crippen LogP contribution in [0.15, 0.2) is 0 Å². The summed E-state index contributed by atoms with van der Waals surface area (Å²) in [5, 5.41) is 0. The zero-order valence-corrected chi connectivity index (χ0v) is 10.2. The molecule has 3 aliphatic rings. The van der Waals surface area contributed by atoms with Gasteiger partial charge in [0.05, 0.1) is 0 Å². The quantitative estimate of drug-likeness (QED) is 0.458. The standard InChI is InChI=1S/C8H12I2/c9-7-5-1-2-6(4-3-5)8(7)10/h5-8H,1-4H2. The minimum atomic E-state index is 0.991. The molecule has 10 heavy (non-hydrogen) atoms. The van der Waals surface area contributed by atoms with Crippen molar-refractivity contribution in [1.82, 2.24) is 0 Å². The van der Waals surface area contributed by atoms with Crippen LogP contribution in [0.3, 0.4) is 0 Å². The fourth-order valence-electron chi connectivity index (χ4n) is 2.30. The van der Waals surface area contributed by atoms with Gasteiger partial charge in [-0.3, -0.25) is 0 Å². The highest BCUT2D eigenvalue weighted by Crippen LogP contribution is 2.48. The van der Waals surface area contributed by atoms with Crippen molar-refractivity contribution in [3.05, 3.63) is 0 Å². The van der Waals surface area contributed by atoms with Gasteiger partial charge in [0.15, 0.2) is 0 Å². The van der Waals surface area contributed by atoms with Crippen LogP contribution in [0.4, 0.5) is 0 Å². The van der Waals surface area contributed by atoms with Gasteiger partial charge in [-0.15, -0.1) is 0 Å². The smallest absolute Gasteiger partial charge is 0.0258 e. The molecule has 3 saturated carbocycles.